The zero-order chi connectivity index (χ0) is 18.8. The average molecular weight is 377 g/mol. The van der Waals surface area contributed by atoms with Crippen LogP contribution in [0.25, 0.3) is 6.08 Å². The Morgan fingerprint density at radius 3 is 2.81 bits per heavy atom. The lowest BCUT2D eigenvalue weighted by molar-refractivity contribution is -0.133. The predicted octanol–water partition coefficient (Wildman–Crippen LogP) is 4.22. The summed E-state index contributed by atoms with van der Waals surface area (Å²) >= 11 is 1.50. The van der Waals surface area contributed by atoms with Crippen molar-refractivity contribution in [3.05, 3.63) is 81.5 Å². The molecule has 1 aromatic carbocycles. The highest BCUT2D eigenvalue weighted by Crippen LogP contribution is 2.37. The van der Waals surface area contributed by atoms with Crippen molar-refractivity contribution in [3.8, 4) is 11.5 Å². The van der Waals surface area contributed by atoms with Crippen molar-refractivity contribution in [1.82, 2.24) is 4.98 Å². The van der Waals surface area contributed by atoms with E-state index in [-0.39, 0.29) is 23.9 Å². The summed E-state index contributed by atoms with van der Waals surface area (Å²) in [6, 6.07) is 10.6. The number of hydrogen-bond donors (Lipinski definition) is 0. The maximum absolute atomic E-state index is 12.7. The van der Waals surface area contributed by atoms with Gasteiger partial charge in [-0.05, 0) is 53.8 Å². The van der Waals surface area contributed by atoms with Gasteiger partial charge in [-0.2, -0.15) is 0 Å². The molecule has 3 aromatic rings. The summed E-state index contributed by atoms with van der Waals surface area (Å²) in [6.07, 6.45) is 5.18. The van der Waals surface area contributed by atoms with Gasteiger partial charge in [-0.15, -0.1) is 11.3 Å². The van der Waals surface area contributed by atoms with Crippen LogP contribution in [0.15, 0.2) is 59.9 Å². The fourth-order valence-electron chi connectivity index (χ4n) is 2.87. The highest BCUT2D eigenvalue weighted by molar-refractivity contribution is 7.10. The van der Waals surface area contributed by atoms with E-state index in [0.717, 1.165) is 10.4 Å². The lowest BCUT2D eigenvalue weighted by Crippen LogP contribution is -2.10. The van der Waals surface area contributed by atoms with Gasteiger partial charge in [0.2, 0.25) is 5.78 Å². The molecule has 27 heavy (non-hydrogen) atoms. The van der Waals surface area contributed by atoms with Gasteiger partial charge in [-0.25, -0.2) is 0 Å². The molecule has 0 unspecified atom stereocenters. The Morgan fingerprint density at radius 1 is 1.26 bits per heavy atom. The Bertz CT molecular complexity index is 1040. The molecule has 0 radical (unpaired) electrons. The van der Waals surface area contributed by atoms with Gasteiger partial charge in [0.1, 0.15) is 11.5 Å². The number of ether oxygens (including phenoxy) is 2. The van der Waals surface area contributed by atoms with Crippen LogP contribution < -0.4 is 9.47 Å². The normalized spacial score (nSPS) is 14.1. The number of aromatic nitrogens is 1. The van der Waals surface area contributed by atoms with Crippen LogP contribution in [0.2, 0.25) is 0 Å². The average Bonchev–Trinajstić information content (AvgIpc) is 3.24. The highest BCUT2D eigenvalue weighted by atomic mass is 32.1. The van der Waals surface area contributed by atoms with Gasteiger partial charge in [0, 0.05) is 23.3 Å². The Balaban J connectivity index is 1.56. The van der Waals surface area contributed by atoms with Crippen LogP contribution in [-0.4, -0.2) is 16.7 Å². The Labute approximate surface area is 159 Å². The third-order valence-electron chi connectivity index (χ3n) is 4.08. The third-order valence-corrected chi connectivity index (χ3v) is 4.95. The predicted molar refractivity (Wildman–Crippen MR) is 102 cm³/mol. The molecule has 4 rings (SSSR count). The molecule has 3 heterocycles. The number of fused-ring (bicyclic) bond motifs is 1. The molecule has 0 aliphatic carbocycles. The van der Waals surface area contributed by atoms with E-state index in [1.54, 1.807) is 49.7 Å². The molecule has 0 fully saturated rings. The van der Waals surface area contributed by atoms with E-state index in [9.17, 15) is 9.59 Å². The number of thiophene rings is 1. The maximum Gasteiger partial charge on any atom is 0.316 e. The van der Waals surface area contributed by atoms with Gasteiger partial charge >= 0.3 is 5.97 Å². The molecular formula is C21H15NO4S. The van der Waals surface area contributed by atoms with E-state index >= 15 is 0 Å². The van der Waals surface area contributed by atoms with Gasteiger partial charge in [0.25, 0.3) is 0 Å². The molecule has 0 atom stereocenters. The zero-order valence-corrected chi connectivity index (χ0v) is 15.3. The van der Waals surface area contributed by atoms with Gasteiger partial charge in [-0.3, -0.25) is 14.6 Å². The number of Topliss-reactive ketones (excluding diaryl/α,β-unsaturated/α-hetero) is 1. The number of hydrogen-bond acceptors (Lipinski definition) is 6. The monoisotopic (exact) mass is 377 g/mol. The molecule has 0 N–H and O–H groups in total. The first kappa shape index (κ1) is 17.2. The van der Waals surface area contributed by atoms with Crippen LogP contribution in [0, 0.1) is 6.92 Å². The summed E-state index contributed by atoms with van der Waals surface area (Å²) in [5.74, 6) is 0.468. The molecule has 0 saturated heterocycles. The van der Waals surface area contributed by atoms with E-state index in [0.29, 0.717) is 22.6 Å². The van der Waals surface area contributed by atoms with E-state index in [4.69, 9.17) is 9.47 Å². The molecule has 0 bridgehead atoms. The number of pyridine rings is 1. The number of carbonyl (C=O) groups is 2. The summed E-state index contributed by atoms with van der Waals surface area (Å²) < 4.78 is 11.2. The SMILES string of the molecule is Cc1cc(OC(=O)Cc2cccs2)cc2c1C(=O)/C(=C/c1ccncc1)O2. The van der Waals surface area contributed by atoms with Crippen LogP contribution >= 0.6 is 11.3 Å². The molecule has 1 aliphatic rings. The summed E-state index contributed by atoms with van der Waals surface area (Å²) in [6.45, 7) is 1.80. The number of nitrogens with zero attached hydrogens (tertiary/aromatic N) is 1. The van der Waals surface area contributed by atoms with Crippen molar-refractivity contribution in [3.63, 3.8) is 0 Å². The largest absolute Gasteiger partial charge is 0.452 e. The molecule has 6 heteroatoms. The maximum atomic E-state index is 12.7. The summed E-state index contributed by atoms with van der Waals surface area (Å²) in [4.78, 5) is 29.7. The Kier molecular flexibility index (Phi) is 4.56. The van der Waals surface area contributed by atoms with Crippen molar-refractivity contribution < 1.29 is 19.1 Å². The fourth-order valence-corrected chi connectivity index (χ4v) is 3.56. The summed E-state index contributed by atoms with van der Waals surface area (Å²) in [5, 5.41) is 1.91. The van der Waals surface area contributed by atoms with E-state index in [2.05, 4.69) is 4.98 Å². The number of carbonyl (C=O) groups excluding carboxylic acids is 2. The lowest BCUT2D eigenvalue weighted by Gasteiger charge is -2.07. The van der Waals surface area contributed by atoms with Crippen molar-refractivity contribution in [2.75, 3.05) is 0 Å². The topological polar surface area (TPSA) is 65.5 Å². The van der Waals surface area contributed by atoms with E-state index in [1.807, 2.05) is 17.5 Å². The van der Waals surface area contributed by atoms with E-state index < -0.39 is 0 Å². The van der Waals surface area contributed by atoms with Crippen molar-refractivity contribution >= 4 is 29.2 Å². The number of allylic oxidation sites excluding steroid dienone is 1. The highest BCUT2D eigenvalue weighted by Gasteiger charge is 2.30. The van der Waals surface area contributed by atoms with Crippen molar-refractivity contribution in [2.45, 2.75) is 13.3 Å². The molecule has 0 saturated carbocycles. The zero-order valence-electron chi connectivity index (χ0n) is 14.5. The van der Waals surface area contributed by atoms with E-state index in [1.165, 1.54) is 11.3 Å². The molecule has 0 amide bonds. The van der Waals surface area contributed by atoms with Crippen LogP contribution in [0.1, 0.15) is 26.4 Å². The number of esters is 1. The van der Waals surface area contributed by atoms with Crippen LogP contribution in [0.5, 0.6) is 11.5 Å². The van der Waals surface area contributed by atoms with Crippen molar-refractivity contribution in [1.29, 1.82) is 0 Å². The number of aryl methyl sites for hydroxylation is 1. The molecule has 134 valence electrons. The number of ketones is 1. The van der Waals surface area contributed by atoms with Gasteiger partial charge in [0.05, 0.1) is 12.0 Å². The van der Waals surface area contributed by atoms with Gasteiger partial charge in [0.15, 0.2) is 5.76 Å². The molecular weight excluding hydrogens is 362 g/mol. The summed E-state index contributed by atoms with van der Waals surface area (Å²) in [7, 11) is 0. The quantitative estimate of drug-likeness (QED) is 0.387. The smallest absolute Gasteiger partial charge is 0.316 e. The minimum Gasteiger partial charge on any atom is -0.452 e. The first-order valence-corrected chi connectivity index (χ1v) is 9.20. The van der Waals surface area contributed by atoms with Crippen LogP contribution in [0.4, 0.5) is 0 Å². The number of rotatable bonds is 4. The standard InChI is InChI=1S/C21H15NO4S/c1-13-9-15(25-19(23)12-16-3-2-8-27-16)11-17-20(13)21(24)18(26-17)10-14-4-6-22-7-5-14/h2-11H,12H2,1H3/b18-10-. The third kappa shape index (κ3) is 3.66. The second-order valence-corrected chi connectivity index (χ2v) is 7.10. The molecule has 0 spiro atoms. The van der Waals surface area contributed by atoms with Crippen LogP contribution in [0.3, 0.4) is 0 Å². The number of benzene rings is 1. The minimum atomic E-state index is -0.353. The van der Waals surface area contributed by atoms with Crippen LogP contribution in [-0.2, 0) is 11.2 Å². The Hall–Kier alpha value is -3.25. The first-order chi connectivity index (χ1) is 13.1. The molecule has 5 nitrogen and oxygen atoms in total. The Morgan fingerprint density at radius 2 is 2.07 bits per heavy atom. The summed E-state index contributed by atoms with van der Waals surface area (Å²) in [5.41, 5.74) is 2.02. The second-order valence-electron chi connectivity index (χ2n) is 6.06. The minimum absolute atomic E-state index is 0.184. The molecule has 1 aliphatic heterocycles. The van der Waals surface area contributed by atoms with Gasteiger partial charge < -0.3 is 9.47 Å². The first-order valence-electron chi connectivity index (χ1n) is 8.32. The van der Waals surface area contributed by atoms with Gasteiger partial charge in [-0.1, -0.05) is 6.07 Å². The fraction of sp³-hybridized carbons (Fsp3) is 0.0952. The second kappa shape index (κ2) is 7.17. The molecule has 2 aromatic heterocycles. The van der Waals surface area contributed by atoms with Crippen molar-refractivity contribution in [2.24, 2.45) is 0 Å². The lowest BCUT2D eigenvalue weighted by atomic mass is 10.0.